The van der Waals surface area contributed by atoms with Gasteiger partial charge in [0.25, 0.3) is 5.91 Å². The third kappa shape index (κ3) is 2.70. The van der Waals surface area contributed by atoms with Crippen LogP contribution in [0.3, 0.4) is 0 Å². The Hall–Kier alpha value is -2.11. The van der Waals surface area contributed by atoms with Gasteiger partial charge in [0.15, 0.2) is 12.1 Å². The first-order valence-corrected chi connectivity index (χ1v) is 7.42. The Morgan fingerprint density at radius 2 is 2.43 bits per heavy atom. The van der Waals surface area contributed by atoms with Crippen molar-refractivity contribution in [1.29, 1.82) is 0 Å². The summed E-state index contributed by atoms with van der Waals surface area (Å²) in [5.41, 5.74) is 2.55. The second-order valence-corrected chi connectivity index (χ2v) is 5.54. The molecule has 0 saturated carbocycles. The molecule has 1 N–H and O–H groups in total. The minimum absolute atomic E-state index is 0.0300. The zero-order valence-electron chi connectivity index (χ0n) is 12.4. The van der Waals surface area contributed by atoms with Crippen LogP contribution in [0.1, 0.15) is 53.3 Å². The van der Waals surface area contributed by atoms with Crippen LogP contribution < -0.4 is 0 Å². The van der Waals surface area contributed by atoms with Gasteiger partial charge in [-0.25, -0.2) is 4.98 Å². The molecule has 0 aliphatic carbocycles. The molecule has 1 aliphatic heterocycles. The van der Waals surface area contributed by atoms with Crippen molar-refractivity contribution >= 4 is 5.91 Å². The number of rotatable bonds is 3. The summed E-state index contributed by atoms with van der Waals surface area (Å²) in [5.74, 6) is 0.930. The summed E-state index contributed by atoms with van der Waals surface area (Å²) in [6.07, 6.45) is 4.08. The van der Waals surface area contributed by atoms with E-state index in [9.17, 15) is 4.79 Å². The highest BCUT2D eigenvalue weighted by atomic mass is 16.3. The highest BCUT2D eigenvalue weighted by Crippen LogP contribution is 2.27. The lowest BCUT2D eigenvalue weighted by Gasteiger charge is -2.31. The Balaban J connectivity index is 1.75. The highest BCUT2D eigenvalue weighted by Gasteiger charge is 2.29. The molecule has 1 amide bonds. The number of oxazole rings is 1. The van der Waals surface area contributed by atoms with E-state index in [1.54, 1.807) is 0 Å². The van der Waals surface area contributed by atoms with Crippen molar-refractivity contribution in [3.05, 3.63) is 35.3 Å². The average Bonchev–Trinajstić information content (AvgIpc) is 3.15. The van der Waals surface area contributed by atoms with E-state index in [0.717, 1.165) is 30.8 Å². The number of aromatic amines is 1. The van der Waals surface area contributed by atoms with Gasteiger partial charge < -0.3 is 9.32 Å². The highest BCUT2D eigenvalue weighted by molar-refractivity contribution is 5.93. The third-order valence-electron chi connectivity index (χ3n) is 4.02. The standard InChI is InChI=1S/C15H20N4O2/c1-3-13-14(16-9-21-13)15(20)19-6-4-5-11(8-19)12-7-10(2)17-18-12/h7,9,11H,3-6,8H2,1-2H3,(H,17,18)/t11-/m1/s1. The zero-order chi connectivity index (χ0) is 14.8. The number of likely N-dealkylation sites (tertiary alicyclic amines) is 1. The van der Waals surface area contributed by atoms with Crippen molar-refractivity contribution in [3.63, 3.8) is 0 Å². The van der Waals surface area contributed by atoms with E-state index in [-0.39, 0.29) is 5.91 Å². The van der Waals surface area contributed by atoms with Crippen LogP contribution in [0.2, 0.25) is 0 Å². The Morgan fingerprint density at radius 3 is 3.14 bits per heavy atom. The van der Waals surface area contributed by atoms with Crippen molar-refractivity contribution in [2.75, 3.05) is 13.1 Å². The SMILES string of the molecule is CCc1ocnc1C(=O)N1CCC[C@@H](c2cc(C)[nH]n2)C1. The van der Waals surface area contributed by atoms with Crippen molar-refractivity contribution < 1.29 is 9.21 Å². The molecule has 1 aliphatic rings. The molecule has 1 atom stereocenters. The number of H-pyrrole nitrogens is 1. The Kier molecular flexibility index (Phi) is 3.77. The molecular weight excluding hydrogens is 268 g/mol. The maximum atomic E-state index is 12.6. The lowest BCUT2D eigenvalue weighted by atomic mass is 9.94. The van der Waals surface area contributed by atoms with E-state index in [4.69, 9.17) is 4.42 Å². The fraction of sp³-hybridized carbons (Fsp3) is 0.533. The molecule has 1 fully saturated rings. The second kappa shape index (κ2) is 5.71. The number of nitrogens with zero attached hydrogens (tertiary/aromatic N) is 3. The summed E-state index contributed by atoms with van der Waals surface area (Å²) in [4.78, 5) is 18.6. The van der Waals surface area contributed by atoms with E-state index in [0.29, 0.717) is 30.3 Å². The molecule has 6 heteroatoms. The Labute approximate surface area is 123 Å². The number of carbonyl (C=O) groups is 1. The molecule has 0 spiro atoms. The topological polar surface area (TPSA) is 75.0 Å². The van der Waals surface area contributed by atoms with Gasteiger partial charge in [-0.2, -0.15) is 5.10 Å². The second-order valence-electron chi connectivity index (χ2n) is 5.54. The molecule has 2 aromatic heterocycles. The number of piperidine rings is 1. The van der Waals surface area contributed by atoms with Crippen LogP contribution in [0.15, 0.2) is 16.9 Å². The first kappa shape index (κ1) is 13.9. The molecule has 0 bridgehead atoms. The number of hydrogen-bond donors (Lipinski definition) is 1. The average molecular weight is 288 g/mol. The van der Waals surface area contributed by atoms with Crippen LogP contribution >= 0.6 is 0 Å². The Morgan fingerprint density at radius 1 is 1.57 bits per heavy atom. The zero-order valence-corrected chi connectivity index (χ0v) is 12.4. The molecule has 0 aromatic carbocycles. The van der Waals surface area contributed by atoms with Crippen molar-refractivity contribution in [3.8, 4) is 0 Å². The summed E-state index contributed by atoms with van der Waals surface area (Å²) >= 11 is 0. The van der Waals surface area contributed by atoms with Crippen LogP contribution in [-0.4, -0.2) is 39.1 Å². The van der Waals surface area contributed by atoms with Crippen molar-refractivity contribution in [1.82, 2.24) is 20.1 Å². The quantitative estimate of drug-likeness (QED) is 0.940. The molecule has 21 heavy (non-hydrogen) atoms. The van der Waals surface area contributed by atoms with Crippen LogP contribution in [0.4, 0.5) is 0 Å². The number of aromatic nitrogens is 3. The van der Waals surface area contributed by atoms with E-state index in [1.165, 1.54) is 6.39 Å². The number of amides is 1. The smallest absolute Gasteiger partial charge is 0.276 e. The van der Waals surface area contributed by atoms with E-state index >= 15 is 0 Å². The maximum Gasteiger partial charge on any atom is 0.276 e. The van der Waals surface area contributed by atoms with Gasteiger partial charge in [0.2, 0.25) is 0 Å². The van der Waals surface area contributed by atoms with Gasteiger partial charge in [-0.15, -0.1) is 0 Å². The predicted molar refractivity (Wildman–Crippen MR) is 77.1 cm³/mol. The lowest BCUT2D eigenvalue weighted by Crippen LogP contribution is -2.39. The molecule has 0 radical (unpaired) electrons. The first-order chi connectivity index (χ1) is 10.2. The summed E-state index contributed by atoms with van der Waals surface area (Å²) in [6, 6.07) is 2.06. The van der Waals surface area contributed by atoms with E-state index < -0.39 is 0 Å². The van der Waals surface area contributed by atoms with Crippen LogP contribution in [0.5, 0.6) is 0 Å². The molecule has 2 aromatic rings. The fourth-order valence-corrected chi connectivity index (χ4v) is 2.90. The molecule has 112 valence electrons. The molecule has 6 nitrogen and oxygen atoms in total. The lowest BCUT2D eigenvalue weighted by molar-refractivity contribution is 0.0698. The van der Waals surface area contributed by atoms with E-state index in [2.05, 4.69) is 21.2 Å². The number of carbonyl (C=O) groups excluding carboxylic acids is 1. The van der Waals surface area contributed by atoms with Crippen molar-refractivity contribution in [2.24, 2.45) is 0 Å². The fourth-order valence-electron chi connectivity index (χ4n) is 2.90. The van der Waals surface area contributed by atoms with Gasteiger partial charge in [0.1, 0.15) is 5.76 Å². The van der Waals surface area contributed by atoms with Gasteiger partial charge in [0, 0.05) is 31.1 Å². The normalized spacial score (nSPS) is 19.0. The Bertz CT molecular complexity index is 631. The predicted octanol–water partition coefficient (Wildman–Crippen LogP) is 2.29. The van der Waals surface area contributed by atoms with Gasteiger partial charge in [0.05, 0.1) is 5.69 Å². The van der Waals surface area contributed by atoms with Gasteiger partial charge in [-0.1, -0.05) is 6.92 Å². The summed E-state index contributed by atoms with van der Waals surface area (Å²) < 4.78 is 5.26. The van der Waals surface area contributed by atoms with Crippen LogP contribution in [0.25, 0.3) is 0 Å². The minimum atomic E-state index is -0.0300. The number of aryl methyl sites for hydroxylation is 2. The van der Waals surface area contributed by atoms with Gasteiger partial charge in [-0.3, -0.25) is 9.89 Å². The number of nitrogens with one attached hydrogen (secondary N) is 1. The van der Waals surface area contributed by atoms with Crippen molar-refractivity contribution in [2.45, 2.75) is 39.0 Å². The van der Waals surface area contributed by atoms with Crippen LogP contribution in [0, 0.1) is 6.92 Å². The summed E-state index contributed by atoms with van der Waals surface area (Å²) in [5, 5.41) is 7.31. The van der Waals surface area contributed by atoms with Gasteiger partial charge in [-0.05, 0) is 25.8 Å². The summed E-state index contributed by atoms with van der Waals surface area (Å²) in [6.45, 7) is 5.42. The van der Waals surface area contributed by atoms with Crippen LogP contribution in [-0.2, 0) is 6.42 Å². The van der Waals surface area contributed by atoms with Gasteiger partial charge >= 0.3 is 0 Å². The third-order valence-corrected chi connectivity index (χ3v) is 4.02. The maximum absolute atomic E-state index is 12.6. The number of hydrogen-bond acceptors (Lipinski definition) is 4. The molecule has 3 heterocycles. The molecule has 0 unspecified atom stereocenters. The van der Waals surface area contributed by atoms with E-state index in [1.807, 2.05) is 18.7 Å². The first-order valence-electron chi connectivity index (χ1n) is 7.42. The largest absolute Gasteiger partial charge is 0.448 e. The minimum Gasteiger partial charge on any atom is -0.448 e. The molecular formula is C15H20N4O2. The molecule has 3 rings (SSSR count). The monoisotopic (exact) mass is 288 g/mol. The molecule has 1 saturated heterocycles. The summed E-state index contributed by atoms with van der Waals surface area (Å²) in [7, 11) is 0.